The van der Waals surface area contributed by atoms with Gasteiger partial charge in [-0.1, -0.05) is 24.3 Å². The average molecular weight is 269 g/mol. The first-order chi connectivity index (χ1) is 9.63. The Bertz CT molecular complexity index is 859. The van der Waals surface area contributed by atoms with E-state index in [4.69, 9.17) is 5.26 Å². The molecule has 0 fully saturated rings. The normalized spacial score (nSPS) is 10.7. The standard InChI is InChI=1S/C15H9F2N3/c1-20-13(8-18)11-6-2-5-10(15(11)19-20)9-4-3-7-12(16)14(9)17/h2-7H,1H3. The van der Waals surface area contributed by atoms with E-state index in [0.29, 0.717) is 22.2 Å². The fourth-order valence-electron chi connectivity index (χ4n) is 2.28. The zero-order chi connectivity index (χ0) is 14.3. The number of hydrogen-bond acceptors (Lipinski definition) is 2. The zero-order valence-corrected chi connectivity index (χ0v) is 10.6. The maximum absolute atomic E-state index is 13.9. The van der Waals surface area contributed by atoms with E-state index >= 15 is 0 Å². The molecule has 0 aliphatic carbocycles. The van der Waals surface area contributed by atoms with Gasteiger partial charge < -0.3 is 0 Å². The van der Waals surface area contributed by atoms with E-state index in [1.165, 1.54) is 16.8 Å². The third-order valence-corrected chi connectivity index (χ3v) is 3.21. The molecule has 1 aromatic heterocycles. The zero-order valence-electron chi connectivity index (χ0n) is 10.6. The van der Waals surface area contributed by atoms with Crippen LogP contribution >= 0.6 is 0 Å². The van der Waals surface area contributed by atoms with Crippen molar-refractivity contribution in [3.8, 4) is 17.2 Å². The van der Waals surface area contributed by atoms with Gasteiger partial charge in [0, 0.05) is 23.6 Å². The second kappa shape index (κ2) is 4.42. The number of nitrogens with zero attached hydrogens (tertiary/aromatic N) is 3. The molecule has 0 atom stereocenters. The highest BCUT2D eigenvalue weighted by Crippen LogP contribution is 2.31. The van der Waals surface area contributed by atoms with Crippen molar-refractivity contribution < 1.29 is 8.78 Å². The molecule has 1 heterocycles. The molecule has 0 bridgehead atoms. The number of hydrogen-bond donors (Lipinski definition) is 0. The summed E-state index contributed by atoms with van der Waals surface area (Å²) in [5.74, 6) is -1.82. The Morgan fingerprint density at radius 2 is 1.80 bits per heavy atom. The number of aromatic nitrogens is 2. The van der Waals surface area contributed by atoms with Gasteiger partial charge in [0.15, 0.2) is 11.6 Å². The van der Waals surface area contributed by atoms with Gasteiger partial charge in [-0.05, 0) is 12.1 Å². The lowest BCUT2D eigenvalue weighted by molar-refractivity contribution is 0.511. The van der Waals surface area contributed by atoms with Gasteiger partial charge in [-0.25, -0.2) is 8.78 Å². The van der Waals surface area contributed by atoms with Crippen molar-refractivity contribution in [1.82, 2.24) is 9.78 Å². The SMILES string of the molecule is Cn1nc2c(-c3cccc(F)c3F)cccc2c1C#N. The lowest BCUT2D eigenvalue weighted by atomic mass is 10.0. The van der Waals surface area contributed by atoms with Gasteiger partial charge in [0.2, 0.25) is 0 Å². The molecule has 0 spiro atoms. The van der Waals surface area contributed by atoms with Gasteiger partial charge in [0.05, 0.1) is 0 Å². The predicted molar refractivity (Wildman–Crippen MR) is 70.8 cm³/mol. The van der Waals surface area contributed by atoms with Crippen LogP contribution in [-0.2, 0) is 7.05 Å². The maximum atomic E-state index is 13.9. The number of rotatable bonds is 1. The lowest BCUT2D eigenvalue weighted by Gasteiger charge is -2.04. The summed E-state index contributed by atoms with van der Waals surface area (Å²) in [6.45, 7) is 0. The van der Waals surface area contributed by atoms with Crippen LogP contribution < -0.4 is 0 Å². The van der Waals surface area contributed by atoms with Gasteiger partial charge in [-0.15, -0.1) is 0 Å². The van der Waals surface area contributed by atoms with Crippen molar-refractivity contribution in [2.75, 3.05) is 0 Å². The first kappa shape index (κ1) is 12.3. The molecule has 3 rings (SSSR count). The second-order valence-electron chi connectivity index (χ2n) is 4.39. The highest BCUT2D eigenvalue weighted by Gasteiger charge is 2.16. The monoisotopic (exact) mass is 269 g/mol. The Balaban J connectivity index is 2.38. The van der Waals surface area contributed by atoms with Crippen LogP contribution in [0, 0.1) is 23.0 Å². The molecule has 0 amide bonds. The van der Waals surface area contributed by atoms with E-state index in [1.54, 1.807) is 25.2 Å². The molecule has 3 aromatic rings. The minimum absolute atomic E-state index is 0.137. The van der Waals surface area contributed by atoms with E-state index in [0.717, 1.165) is 6.07 Å². The largest absolute Gasteiger partial charge is 0.257 e. The molecule has 0 aliphatic heterocycles. The average Bonchev–Trinajstić information content (AvgIpc) is 2.77. The van der Waals surface area contributed by atoms with Crippen LogP contribution in [0.1, 0.15) is 5.69 Å². The van der Waals surface area contributed by atoms with Gasteiger partial charge in [-0.2, -0.15) is 10.4 Å². The van der Waals surface area contributed by atoms with Crippen molar-refractivity contribution in [3.63, 3.8) is 0 Å². The quantitative estimate of drug-likeness (QED) is 0.679. The minimum atomic E-state index is -0.913. The summed E-state index contributed by atoms with van der Waals surface area (Å²) in [6, 6.07) is 11.2. The first-order valence-electron chi connectivity index (χ1n) is 5.93. The highest BCUT2D eigenvalue weighted by molar-refractivity contribution is 5.96. The van der Waals surface area contributed by atoms with Crippen molar-refractivity contribution in [1.29, 1.82) is 5.26 Å². The van der Waals surface area contributed by atoms with Crippen LogP contribution in [-0.4, -0.2) is 9.78 Å². The fraction of sp³-hybridized carbons (Fsp3) is 0.0667. The number of fused-ring (bicyclic) bond motifs is 1. The van der Waals surface area contributed by atoms with Gasteiger partial charge in [-0.3, -0.25) is 4.68 Å². The molecular formula is C15H9F2N3. The smallest absolute Gasteiger partial charge is 0.166 e. The molecule has 98 valence electrons. The van der Waals surface area contributed by atoms with E-state index < -0.39 is 11.6 Å². The predicted octanol–water partition coefficient (Wildman–Crippen LogP) is 3.39. The molecule has 0 saturated heterocycles. The van der Waals surface area contributed by atoms with E-state index in [-0.39, 0.29) is 5.56 Å². The molecule has 0 radical (unpaired) electrons. The minimum Gasteiger partial charge on any atom is -0.257 e. The topological polar surface area (TPSA) is 41.6 Å². The molecule has 0 unspecified atom stereocenters. The second-order valence-corrected chi connectivity index (χ2v) is 4.39. The van der Waals surface area contributed by atoms with Crippen LogP contribution in [0.5, 0.6) is 0 Å². The van der Waals surface area contributed by atoms with Crippen molar-refractivity contribution in [2.45, 2.75) is 0 Å². The summed E-state index contributed by atoms with van der Waals surface area (Å²) in [6.07, 6.45) is 0. The summed E-state index contributed by atoms with van der Waals surface area (Å²) < 4.78 is 28.7. The molecule has 3 nitrogen and oxygen atoms in total. The van der Waals surface area contributed by atoms with Crippen LogP contribution in [0.3, 0.4) is 0 Å². The lowest BCUT2D eigenvalue weighted by Crippen LogP contribution is -1.93. The molecule has 20 heavy (non-hydrogen) atoms. The molecule has 0 aliphatic rings. The number of nitriles is 1. The third-order valence-electron chi connectivity index (χ3n) is 3.21. The fourth-order valence-corrected chi connectivity index (χ4v) is 2.28. The maximum Gasteiger partial charge on any atom is 0.166 e. The summed E-state index contributed by atoms with van der Waals surface area (Å²) in [7, 11) is 1.64. The molecule has 2 aromatic carbocycles. The first-order valence-corrected chi connectivity index (χ1v) is 5.93. The van der Waals surface area contributed by atoms with Crippen LogP contribution in [0.2, 0.25) is 0 Å². The Kier molecular flexibility index (Phi) is 2.72. The van der Waals surface area contributed by atoms with Gasteiger partial charge in [0.1, 0.15) is 17.3 Å². The summed E-state index contributed by atoms with van der Waals surface area (Å²) >= 11 is 0. The van der Waals surface area contributed by atoms with E-state index in [1.807, 2.05) is 0 Å². The van der Waals surface area contributed by atoms with Crippen molar-refractivity contribution in [2.24, 2.45) is 7.05 Å². The van der Waals surface area contributed by atoms with E-state index in [2.05, 4.69) is 11.2 Å². The Morgan fingerprint density at radius 3 is 2.55 bits per heavy atom. The van der Waals surface area contributed by atoms with Gasteiger partial charge >= 0.3 is 0 Å². The molecule has 5 heteroatoms. The number of benzene rings is 2. The Labute approximate surface area is 113 Å². The van der Waals surface area contributed by atoms with Crippen molar-refractivity contribution in [3.05, 3.63) is 53.7 Å². The molecular weight excluding hydrogens is 260 g/mol. The van der Waals surface area contributed by atoms with Gasteiger partial charge in [0.25, 0.3) is 0 Å². The summed E-state index contributed by atoms with van der Waals surface area (Å²) in [5, 5.41) is 14.0. The Morgan fingerprint density at radius 1 is 1.10 bits per heavy atom. The van der Waals surface area contributed by atoms with Crippen LogP contribution in [0.25, 0.3) is 22.0 Å². The molecule has 0 N–H and O–H groups in total. The molecule has 0 saturated carbocycles. The van der Waals surface area contributed by atoms with Crippen LogP contribution in [0.15, 0.2) is 36.4 Å². The van der Waals surface area contributed by atoms with Crippen LogP contribution in [0.4, 0.5) is 8.78 Å². The van der Waals surface area contributed by atoms with E-state index in [9.17, 15) is 8.78 Å². The third kappa shape index (κ3) is 1.66. The highest BCUT2D eigenvalue weighted by atomic mass is 19.2. The number of halogens is 2. The number of aryl methyl sites for hydroxylation is 1. The summed E-state index contributed by atoms with van der Waals surface area (Å²) in [5.41, 5.74) is 1.48. The summed E-state index contributed by atoms with van der Waals surface area (Å²) in [4.78, 5) is 0. The Hall–Kier alpha value is -2.74. The van der Waals surface area contributed by atoms with Crippen molar-refractivity contribution >= 4 is 10.9 Å².